The smallest absolute Gasteiger partial charge is 0.243 e. The zero-order valence-electron chi connectivity index (χ0n) is 15.0. The number of para-hydroxylation sites is 1. The van der Waals surface area contributed by atoms with Gasteiger partial charge in [0.2, 0.25) is 5.91 Å². The molecule has 0 spiro atoms. The van der Waals surface area contributed by atoms with Crippen molar-refractivity contribution in [1.29, 1.82) is 0 Å². The van der Waals surface area contributed by atoms with Crippen molar-refractivity contribution in [3.8, 4) is 0 Å². The van der Waals surface area contributed by atoms with Gasteiger partial charge < -0.3 is 16.0 Å². The fourth-order valence-electron chi connectivity index (χ4n) is 2.27. The van der Waals surface area contributed by atoms with E-state index < -0.39 is 0 Å². The molecule has 1 rings (SSSR count). The van der Waals surface area contributed by atoms with E-state index in [1.54, 1.807) is 7.05 Å². The van der Waals surface area contributed by atoms with Gasteiger partial charge in [0.25, 0.3) is 0 Å². The molecule has 1 aromatic rings. The van der Waals surface area contributed by atoms with Crippen LogP contribution >= 0.6 is 24.0 Å². The van der Waals surface area contributed by atoms with Crippen LogP contribution in [0.4, 0.5) is 5.69 Å². The van der Waals surface area contributed by atoms with Crippen LogP contribution in [0.25, 0.3) is 0 Å². The standard InChI is InChI=1S/C18H30N4O.HI/c1-4-5-6-8-11-15(2)21-18(19-3)20-14-17(23)22-16-12-9-7-10-13-16;/h7,9-10,12-13,15H,4-6,8,11,14H2,1-3H3,(H,22,23)(H2,19,20,21);1H. The van der Waals surface area contributed by atoms with Crippen LogP contribution < -0.4 is 16.0 Å². The lowest BCUT2D eigenvalue weighted by Crippen LogP contribution is -2.44. The summed E-state index contributed by atoms with van der Waals surface area (Å²) in [5, 5.41) is 9.21. The minimum Gasteiger partial charge on any atom is -0.354 e. The highest BCUT2D eigenvalue weighted by Gasteiger charge is 2.07. The second-order valence-corrected chi connectivity index (χ2v) is 5.73. The number of anilines is 1. The van der Waals surface area contributed by atoms with E-state index in [4.69, 9.17) is 0 Å². The van der Waals surface area contributed by atoms with E-state index in [-0.39, 0.29) is 36.4 Å². The number of halogens is 1. The van der Waals surface area contributed by atoms with Gasteiger partial charge in [-0.25, -0.2) is 0 Å². The predicted molar refractivity (Wildman–Crippen MR) is 113 cm³/mol. The normalized spacial score (nSPS) is 12.0. The van der Waals surface area contributed by atoms with Gasteiger partial charge in [0.15, 0.2) is 5.96 Å². The second-order valence-electron chi connectivity index (χ2n) is 5.73. The number of rotatable bonds is 9. The van der Waals surface area contributed by atoms with E-state index in [1.165, 1.54) is 25.7 Å². The van der Waals surface area contributed by atoms with Gasteiger partial charge in [-0.05, 0) is 25.5 Å². The number of benzene rings is 1. The number of guanidine groups is 1. The first-order chi connectivity index (χ1) is 11.2. The van der Waals surface area contributed by atoms with Crippen molar-refractivity contribution in [2.45, 2.75) is 52.0 Å². The fourth-order valence-corrected chi connectivity index (χ4v) is 2.27. The lowest BCUT2D eigenvalue weighted by Gasteiger charge is -2.17. The molecule has 0 heterocycles. The van der Waals surface area contributed by atoms with Gasteiger partial charge in [-0.15, -0.1) is 24.0 Å². The molecule has 0 saturated carbocycles. The van der Waals surface area contributed by atoms with E-state index in [0.717, 1.165) is 12.1 Å². The lowest BCUT2D eigenvalue weighted by atomic mass is 10.1. The van der Waals surface area contributed by atoms with Crippen molar-refractivity contribution in [3.63, 3.8) is 0 Å². The summed E-state index contributed by atoms with van der Waals surface area (Å²) in [5.41, 5.74) is 0.798. The molecule has 0 radical (unpaired) electrons. The van der Waals surface area contributed by atoms with Crippen LogP contribution in [0.3, 0.4) is 0 Å². The zero-order chi connectivity index (χ0) is 16.9. The molecular weight excluding hydrogens is 415 g/mol. The van der Waals surface area contributed by atoms with E-state index in [0.29, 0.717) is 12.0 Å². The number of hydrogen-bond donors (Lipinski definition) is 3. The molecule has 1 unspecified atom stereocenters. The molecule has 6 heteroatoms. The highest BCUT2D eigenvalue weighted by atomic mass is 127. The van der Waals surface area contributed by atoms with Crippen LogP contribution in [0.2, 0.25) is 0 Å². The Hall–Kier alpha value is -1.31. The van der Waals surface area contributed by atoms with Crippen LogP contribution in [0.5, 0.6) is 0 Å². The summed E-state index contributed by atoms with van der Waals surface area (Å²) >= 11 is 0. The average molecular weight is 446 g/mol. The molecule has 1 atom stereocenters. The van der Waals surface area contributed by atoms with Gasteiger partial charge in [0, 0.05) is 18.8 Å². The first-order valence-electron chi connectivity index (χ1n) is 8.47. The second kappa shape index (κ2) is 14.1. The van der Waals surface area contributed by atoms with Crippen molar-refractivity contribution in [2.75, 3.05) is 18.9 Å². The van der Waals surface area contributed by atoms with Gasteiger partial charge in [-0.2, -0.15) is 0 Å². The van der Waals surface area contributed by atoms with Crippen LogP contribution in [-0.2, 0) is 4.79 Å². The number of aliphatic imine (C=N–C) groups is 1. The number of amides is 1. The predicted octanol–water partition coefficient (Wildman–Crippen LogP) is 3.77. The molecular formula is C18H31IN4O. The Labute approximate surface area is 163 Å². The summed E-state index contributed by atoms with van der Waals surface area (Å²) in [4.78, 5) is 16.1. The minimum absolute atomic E-state index is 0. The quantitative estimate of drug-likeness (QED) is 0.234. The Balaban J connectivity index is 0.00000529. The third kappa shape index (κ3) is 10.5. The number of nitrogens with zero attached hydrogens (tertiary/aromatic N) is 1. The molecule has 0 fully saturated rings. The van der Waals surface area contributed by atoms with Crippen LogP contribution in [0, 0.1) is 0 Å². The van der Waals surface area contributed by atoms with Gasteiger partial charge >= 0.3 is 0 Å². The van der Waals surface area contributed by atoms with Crippen LogP contribution in [0.1, 0.15) is 46.0 Å². The number of carbonyl (C=O) groups excluding carboxylic acids is 1. The molecule has 0 aliphatic rings. The zero-order valence-corrected chi connectivity index (χ0v) is 17.3. The summed E-state index contributed by atoms with van der Waals surface area (Å²) in [7, 11) is 1.72. The largest absolute Gasteiger partial charge is 0.354 e. The molecule has 0 saturated heterocycles. The molecule has 1 amide bonds. The molecule has 0 aliphatic carbocycles. The van der Waals surface area contributed by atoms with Gasteiger partial charge in [0.1, 0.15) is 0 Å². The maximum atomic E-state index is 11.9. The molecule has 0 bridgehead atoms. The number of nitrogens with one attached hydrogen (secondary N) is 3. The maximum Gasteiger partial charge on any atom is 0.243 e. The Bertz CT molecular complexity index is 479. The van der Waals surface area contributed by atoms with Crippen LogP contribution in [-0.4, -0.2) is 31.5 Å². The Morgan fingerprint density at radius 2 is 1.88 bits per heavy atom. The Morgan fingerprint density at radius 3 is 2.50 bits per heavy atom. The highest BCUT2D eigenvalue weighted by molar-refractivity contribution is 14.0. The summed E-state index contributed by atoms with van der Waals surface area (Å²) in [6, 6.07) is 9.78. The topological polar surface area (TPSA) is 65.5 Å². The van der Waals surface area contributed by atoms with Gasteiger partial charge in [-0.3, -0.25) is 9.79 Å². The molecule has 3 N–H and O–H groups in total. The van der Waals surface area contributed by atoms with E-state index in [9.17, 15) is 4.79 Å². The van der Waals surface area contributed by atoms with E-state index in [1.807, 2.05) is 30.3 Å². The van der Waals surface area contributed by atoms with Gasteiger partial charge in [-0.1, -0.05) is 50.8 Å². The Kier molecular flexibility index (Phi) is 13.3. The minimum atomic E-state index is -0.0882. The van der Waals surface area contributed by atoms with Crippen LogP contribution in [0.15, 0.2) is 35.3 Å². The van der Waals surface area contributed by atoms with Crippen molar-refractivity contribution < 1.29 is 4.79 Å². The monoisotopic (exact) mass is 446 g/mol. The molecule has 0 aromatic heterocycles. The van der Waals surface area contributed by atoms with Crippen molar-refractivity contribution >= 4 is 41.5 Å². The fraction of sp³-hybridized carbons (Fsp3) is 0.556. The van der Waals surface area contributed by atoms with Crippen molar-refractivity contribution in [2.24, 2.45) is 4.99 Å². The molecule has 24 heavy (non-hydrogen) atoms. The third-order valence-corrected chi connectivity index (χ3v) is 3.57. The summed E-state index contributed by atoms with van der Waals surface area (Å²) in [5.74, 6) is 0.575. The summed E-state index contributed by atoms with van der Waals surface area (Å²) < 4.78 is 0. The summed E-state index contributed by atoms with van der Waals surface area (Å²) in [6.07, 6.45) is 6.14. The Morgan fingerprint density at radius 1 is 1.17 bits per heavy atom. The first kappa shape index (κ1) is 22.7. The highest BCUT2D eigenvalue weighted by Crippen LogP contribution is 2.05. The molecule has 0 aliphatic heterocycles. The van der Waals surface area contributed by atoms with E-state index >= 15 is 0 Å². The molecule has 136 valence electrons. The van der Waals surface area contributed by atoms with Gasteiger partial charge in [0.05, 0.1) is 6.54 Å². The van der Waals surface area contributed by atoms with Crippen molar-refractivity contribution in [3.05, 3.63) is 30.3 Å². The molecule has 1 aromatic carbocycles. The average Bonchev–Trinajstić information content (AvgIpc) is 2.56. The van der Waals surface area contributed by atoms with Crippen molar-refractivity contribution in [1.82, 2.24) is 10.6 Å². The first-order valence-corrected chi connectivity index (χ1v) is 8.47. The number of carbonyl (C=O) groups is 1. The third-order valence-electron chi connectivity index (χ3n) is 3.57. The van der Waals surface area contributed by atoms with E-state index in [2.05, 4.69) is 34.8 Å². The number of unbranched alkanes of at least 4 members (excludes halogenated alkanes) is 3. The SMILES string of the molecule is CCCCCCC(C)NC(=NC)NCC(=O)Nc1ccccc1.I. The maximum absolute atomic E-state index is 11.9. The number of hydrogen-bond acceptors (Lipinski definition) is 2. The molecule has 5 nitrogen and oxygen atoms in total. The lowest BCUT2D eigenvalue weighted by molar-refractivity contribution is -0.115. The summed E-state index contributed by atoms with van der Waals surface area (Å²) in [6.45, 7) is 4.55.